The van der Waals surface area contributed by atoms with Gasteiger partial charge in [-0.3, -0.25) is 4.98 Å². The van der Waals surface area contributed by atoms with Gasteiger partial charge in [-0.25, -0.2) is 0 Å². The molecule has 1 aromatic heterocycles. The van der Waals surface area contributed by atoms with Crippen LogP contribution in [-0.4, -0.2) is 17.5 Å². The number of nitrogens with zero attached hydrogens (tertiary/aromatic N) is 1. The van der Waals surface area contributed by atoms with Gasteiger partial charge in [0.1, 0.15) is 0 Å². The van der Waals surface area contributed by atoms with Gasteiger partial charge in [0.15, 0.2) is 0 Å². The lowest BCUT2D eigenvalue weighted by Gasteiger charge is -2.03. The van der Waals surface area contributed by atoms with Gasteiger partial charge in [0.25, 0.3) is 0 Å². The van der Waals surface area contributed by atoms with E-state index in [4.69, 9.17) is 16.3 Å². The standard InChI is InChI=1S/C12H18ClNO/c13-7-3-1-2-4-10-15-11-12-5-8-14-9-6-12/h5-6,8-9H,1-4,7,10-11H2. The maximum Gasteiger partial charge on any atom is 0.0717 e. The summed E-state index contributed by atoms with van der Waals surface area (Å²) >= 11 is 5.58. The molecule has 0 aromatic carbocycles. The SMILES string of the molecule is ClCCCCCCOCc1ccncc1. The highest BCUT2D eigenvalue weighted by Gasteiger charge is 1.92. The number of halogens is 1. The first kappa shape index (κ1) is 12.5. The fourth-order valence-corrected chi connectivity index (χ4v) is 1.51. The molecule has 0 aliphatic rings. The van der Waals surface area contributed by atoms with Crippen LogP contribution in [0, 0.1) is 0 Å². The van der Waals surface area contributed by atoms with E-state index in [9.17, 15) is 0 Å². The number of alkyl halides is 1. The number of ether oxygens (including phenoxy) is 1. The van der Waals surface area contributed by atoms with Crippen molar-refractivity contribution in [1.82, 2.24) is 4.98 Å². The number of hydrogen-bond donors (Lipinski definition) is 0. The Balaban J connectivity index is 1.93. The van der Waals surface area contributed by atoms with Crippen LogP contribution in [0.3, 0.4) is 0 Å². The van der Waals surface area contributed by atoms with Gasteiger partial charge in [0, 0.05) is 24.9 Å². The van der Waals surface area contributed by atoms with E-state index in [1.165, 1.54) is 18.4 Å². The summed E-state index contributed by atoms with van der Waals surface area (Å²) in [5.41, 5.74) is 1.19. The van der Waals surface area contributed by atoms with Gasteiger partial charge in [-0.15, -0.1) is 11.6 Å². The van der Waals surface area contributed by atoms with Crippen molar-refractivity contribution < 1.29 is 4.74 Å². The highest BCUT2D eigenvalue weighted by Crippen LogP contribution is 2.03. The lowest BCUT2D eigenvalue weighted by molar-refractivity contribution is 0.117. The first-order valence-corrected chi connectivity index (χ1v) is 5.99. The van der Waals surface area contributed by atoms with Crippen LogP contribution in [0.5, 0.6) is 0 Å². The minimum Gasteiger partial charge on any atom is -0.377 e. The number of unbranched alkanes of at least 4 members (excludes halogenated alkanes) is 3. The minimum atomic E-state index is 0.692. The predicted octanol–water partition coefficient (Wildman–Crippen LogP) is 3.40. The zero-order valence-corrected chi connectivity index (χ0v) is 9.75. The zero-order valence-electron chi connectivity index (χ0n) is 8.99. The third-order valence-corrected chi connectivity index (χ3v) is 2.46. The molecule has 0 aliphatic heterocycles. The molecule has 0 aliphatic carbocycles. The summed E-state index contributed by atoms with van der Waals surface area (Å²) < 4.78 is 5.54. The van der Waals surface area contributed by atoms with E-state index in [0.29, 0.717) is 6.61 Å². The fourth-order valence-electron chi connectivity index (χ4n) is 1.32. The van der Waals surface area contributed by atoms with Crippen LogP contribution in [0.25, 0.3) is 0 Å². The second-order valence-corrected chi connectivity index (χ2v) is 3.89. The van der Waals surface area contributed by atoms with Crippen LogP contribution < -0.4 is 0 Å². The number of rotatable bonds is 8. The molecule has 1 aromatic rings. The Hall–Kier alpha value is -0.600. The smallest absolute Gasteiger partial charge is 0.0717 e. The molecule has 0 saturated heterocycles. The third-order valence-electron chi connectivity index (χ3n) is 2.19. The lowest BCUT2D eigenvalue weighted by Crippen LogP contribution is -1.95. The Bertz CT molecular complexity index is 241. The molecule has 0 radical (unpaired) electrons. The van der Waals surface area contributed by atoms with E-state index in [0.717, 1.165) is 25.3 Å². The number of pyridine rings is 1. The average molecular weight is 228 g/mol. The van der Waals surface area contributed by atoms with Crippen molar-refractivity contribution >= 4 is 11.6 Å². The molecule has 84 valence electrons. The van der Waals surface area contributed by atoms with Crippen molar-refractivity contribution in [3.63, 3.8) is 0 Å². The second kappa shape index (κ2) is 8.69. The van der Waals surface area contributed by atoms with Gasteiger partial charge in [0.05, 0.1) is 6.61 Å². The molecule has 0 atom stereocenters. The van der Waals surface area contributed by atoms with Crippen molar-refractivity contribution in [2.75, 3.05) is 12.5 Å². The quantitative estimate of drug-likeness (QED) is 0.502. The highest BCUT2D eigenvalue weighted by atomic mass is 35.5. The van der Waals surface area contributed by atoms with Gasteiger partial charge >= 0.3 is 0 Å². The average Bonchev–Trinajstić information content (AvgIpc) is 2.29. The first-order valence-electron chi connectivity index (χ1n) is 5.46. The molecule has 3 heteroatoms. The largest absolute Gasteiger partial charge is 0.377 e. The number of aromatic nitrogens is 1. The van der Waals surface area contributed by atoms with Crippen LogP contribution in [0.2, 0.25) is 0 Å². The van der Waals surface area contributed by atoms with Gasteiger partial charge in [0.2, 0.25) is 0 Å². The summed E-state index contributed by atoms with van der Waals surface area (Å²) in [4.78, 5) is 3.96. The molecule has 2 nitrogen and oxygen atoms in total. The van der Waals surface area contributed by atoms with Crippen molar-refractivity contribution in [3.8, 4) is 0 Å². The van der Waals surface area contributed by atoms with Crippen LogP contribution in [0.1, 0.15) is 31.2 Å². The summed E-state index contributed by atoms with van der Waals surface area (Å²) in [6.45, 7) is 1.53. The van der Waals surface area contributed by atoms with E-state index in [1.54, 1.807) is 12.4 Å². The topological polar surface area (TPSA) is 22.1 Å². The maximum atomic E-state index is 5.58. The van der Waals surface area contributed by atoms with Gasteiger partial charge in [-0.05, 0) is 30.5 Å². The van der Waals surface area contributed by atoms with Crippen molar-refractivity contribution in [3.05, 3.63) is 30.1 Å². The van der Waals surface area contributed by atoms with Crippen LogP contribution >= 0.6 is 11.6 Å². The fraction of sp³-hybridized carbons (Fsp3) is 0.583. The Morgan fingerprint density at radius 1 is 1.07 bits per heavy atom. The van der Waals surface area contributed by atoms with E-state index < -0.39 is 0 Å². The molecule has 0 unspecified atom stereocenters. The summed E-state index contributed by atoms with van der Waals surface area (Å²) in [6.07, 6.45) is 8.25. The van der Waals surface area contributed by atoms with Crippen molar-refractivity contribution in [1.29, 1.82) is 0 Å². The number of hydrogen-bond acceptors (Lipinski definition) is 2. The summed E-state index contributed by atoms with van der Waals surface area (Å²) in [5, 5.41) is 0. The summed E-state index contributed by atoms with van der Waals surface area (Å²) in [5.74, 6) is 0.776. The molecule has 0 bridgehead atoms. The maximum absolute atomic E-state index is 5.58. The van der Waals surface area contributed by atoms with E-state index in [1.807, 2.05) is 12.1 Å². The Kier molecular flexibility index (Phi) is 7.22. The third kappa shape index (κ3) is 6.47. The highest BCUT2D eigenvalue weighted by molar-refractivity contribution is 6.17. The lowest BCUT2D eigenvalue weighted by atomic mass is 10.2. The van der Waals surface area contributed by atoms with Crippen molar-refractivity contribution in [2.24, 2.45) is 0 Å². The zero-order chi connectivity index (χ0) is 10.8. The second-order valence-electron chi connectivity index (χ2n) is 3.51. The molecule has 0 saturated carbocycles. The molecule has 0 N–H and O–H groups in total. The normalized spacial score (nSPS) is 10.5. The van der Waals surface area contributed by atoms with E-state index in [2.05, 4.69) is 4.98 Å². The Labute approximate surface area is 96.6 Å². The minimum absolute atomic E-state index is 0.692. The van der Waals surface area contributed by atoms with Crippen LogP contribution in [0.15, 0.2) is 24.5 Å². The summed E-state index contributed by atoms with van der Waals surface area (Å²) in [6, 6.07) is 3.96. The van der Waals surface area contributed by atoms with E-state index in [-0.39, 0.29) is 0 Å². The molecule has 1 heterocycles. The Morgan fingerprint density at radius 2 is 1.80 bits per heavy atom. The molecule has 15 heavy (non-hydrogen) atoms. The monoisotopic (exact) mass is 227 g/mol. The van der Waals surface area contributed by atoms with Gasteiger partial charge in [-0.2, -0.15) is 0 Å². The van der Waals surface area contributed by atoms with Crippen LogP contribution in [-0.2, 0) is 11.3 Å². The predicted molar refractivity (Wildman–Crippen MR) is 63.1 cm³/mol. The molecule has 0 spiro atoms. The van der Waals surface area contributed by atoms with Gasteiger partial charge < -0.3 is 4.74 Å². The molecular formula is C12H18ClNO. The summed E-state index contributed by atoms with van der Waals surface area (Å²) in [7, 11) is 0. The molecule has 1 rings (SSSR count). The van der Waals surface area contributed by atoms with Crippen molar-refractivity contribution in [2.45, 2.75) is 32.3 Å². The van der Waals surface area contributed by atoms with E-state index >= 15 is 0 Å². The molecule has 0 amide bonds. The first-order chi connectivity index (χ1) is 7.43. The Morgan fingerprint density at radius 3 is 2.53 bits per heavy atom. The van der Waals surface area contributed by atoms with Crippen LogP contribution in [0.4, 0.5) is 0 Å². The molecule has 0 fully saturated rings. The van der Waals surface area contributed by atoms with Gasteiger partial charge in [-0.1, -0.05) is 12.8 Å². The molecular weight excluding hydrogens is 210 g/mol.